The molecule has 0 heterocycles. The Bertz CT molecular complexity index is 406. The third-order valence-electron chi connectivity index (χ3n) is 2.75. The Kier molecular flexibility index (Phi) is 5.68. The largest absolute Gasteiger partial charge is 0.389 e. The summed E-state index contributed by atoms with van der Waals surface area (Å²) in [4.78, 5) is 0. The van der Waals surface area contributed by atoms with Crippen LogP contribution in [-0.2, 0) is 6.42 Å². The van der Waals surface area contributed by atoms with Crippen molar-refractivity contribution in [2.24, 2.45) is 5.84 Å². The van der Waals surface area contributed by atoms with Crippen LogP contribution in [0.1, 0.15) is 24.8 Å². The van der Waals surface area contributed by atoms with Gasteiger partial charge in [0.05, 0.1) is 0 Å². The zero-order valence-corrected chi connectivity index (χ0v) is 10.1. The SMILES string of the molecule is NNC(CCCC(F)(F)F)Cc1cccc(F)c1F. The highest BCUT2D eigenvalue weighted by Gasteiger charge is 2.26. The number of nitrogens with two attached hydrogens (primary N) is 1. The summed E-state index contributed by atoms with van der Waals surface area (Å²) in [5.41, 5.74) is 2.42. The molecule has 2 nitrogen and oxygen atoms in total. The van der Waals surface area contributed by atoms with Gasteiger partial charge in [0.15, 0.2) is 11.6 Å². The van der Waals surface area contributed by atoms with Crippen LogP contribution < -0.4 is 11.3 Å². The Hall–Kier alpha value is -1.21. The second kappa shape index (κ2) is 6.81. The molecule has 0 aliphatic carbocycles. The lowest BCUT2D eigenvalue weighted by molar-refractivity contribution is -0.135. The number of hydrogen-bond donors (Lipinski definition) is 2. The Morgan fingerprint density at radius 3 is 2.47 bits per heavy atom. The summed E-state index contributed by atoms with van der Waals surface area (Å²) in [7, 11) is 0. The fraction of sp³-hybridized carbons (Fsp3) is 0.500. The maximum atomic E-state index is 13.4. The van der Waals surface area contributed by atoms with E-state index in [9.17, 15) is 22.0 Å². The molecule has 0 spiro atoms. The lowest BCUT2D eigenvalue weighted by Crippen LogP contribution is -2.37. The van der Waals surface area contributed by atoms with Crippen LogP contribution in [0.3, 0.4) is 0 Å². The number of benzene rings is 1. The van der Waals surface area contributed by atoms with Crippen LogP contribution in [-0.4, -0.2) is 12.2 Å². The van der Waals surface area contributed by atoms with Crippen molar-refractivity contribution >= 4 is 0 Å². The summed E-state index contributed by atoms with van der Waals surface area (Å²) >= 11 is 0. The van der Waals surface area contributed by atoms with Gasteiger partial charge in [0, 0.05) is 12.5 Å². The van der Waals surface area contributed by atoms with E-state index < -0.39 is 30.3 Å². The maximum Gasteiger partial charge on any atom is 0.389 e. The molecule has 19 heavy (non-hydrogen) atoms. The molecule has 7 heteroatoms. The van der Waals surface area contributed by atoms with Crippen LogP contribution in [0.4, 0.5) is 22.0 Å². The van der Waals surface area contributed by atoms with Crippen LogP contribution in [0.5, 0.6) is 0 Å². The van der Waals surface area contributed by atoms with Gasteiger partial charge in [-0.15, -0.1) is 0 Å². The van der Waals surface area contributed by atoms with E-state index in [1.54, 1.807) is 0 Å². The molecule has 0 amide bonds. The zero-order chi connectivity index (χ0) is 14.5. The topological polar surface area (TPSA) is 38.0 Å². The van der Waals surface area contributed by atoms with Gasteiger partial charge in [-0.05, 0) is 30.9 Å². The standard InChI is InChI=1S/C12H15F5N2/c13-10-5-1-3-8(11(10)14)7-9(19-18)4-2-6-12(15,16)17/h1,3,5,9,19H,2,4,6-7,18H2. The summed E-state index contributed by atoms with van der Waals surface area (Å²) < 4.78 is 62.3. The van der Waals surface area contributed by atoms with Crippen molar-refractivity contribution in [2.75, 3.05) is 0 Å². The van der Waals surface area contributed by atoms with Crippen molar-refractivity contribution < 1.29 is 22.0 Å². The lowest BCUT2D eigenvalue weighted by atomic mass is 10.0. The minimum Gasteiger partial charge on any atom is -0.271 e. The van der Waals surface area contributed by atoms with E-state index >= 15 is 0 Å². The molecule has 0 aromatic heterocycles. The van der Waals surface area contributed by atoms with Crippen molar-refractivity contribution in [3.8, 4) is 0 Å². The lowest BCUT2D eigenvalue weighted by Gasteiger charge is -2.17. The summed E-state index contributed by atoms with van der Waals surface area (Å²) in [6.07, 6.45) is -5.08. The van der Waals surface area contributed by atoms with Crippen LogP contribution in [0.25, 0.3) is 0 Å². The van der Waals surface area contributed by atoms with Gasteiger partial charge in [-0.25, -0.2) is 8.78 Å². The summed E-state index contributed by atoms with van der Waals surface area (Å²) in [6.45, 7) is 0. The first-order valence-corrected chi connectivity index (χ1v) is 5.79. The molecule has 0 bridgehead atoms. The van der Waals surface area contributed by atoms with Crippen molar-refractivity contribution in [1.29, 1.82) is 0 Å². The van der Waals surface area contributed by atoms with Gasteiger partial charge in [-0.2, -0.15) is 13.2 Å². The molecule has 0 saturated heterocycles. The maximum absolute atomic E-state index is 13.4. The zero-order valence-electron chi connectivity index (χ0n) is 10.1. The van der Waals surface area contributed by atoms with Gasteiger partial charge in [0.1, 0.15) is 0 Å². The van der Waals surface area contributed by atoms with E-state index in [0.29, 0.717) is 0 Å². The van der Waals surface area contributed by atoms with Crippen molar-refractivity contribution in [3.05, 3.63) is 35.4 Å². The number of rotatable bonds is 6. The second-order valence-electron chi connectivity index (χ2n) is 4.29. The molecule has 0 radical (unpaired) electrons. The number of halogens is 5. The van der Waals surface area contributed by atoms with Gasteiger partial charge >= 0.3 is 6.18 Å². The smallest absolute Gasteiger partial charge is 0.271 e. The number of hydrazine groups is 1. The van der Waals surface area contributed by atoms with E-state index in [1.807, 2.05) is 0 Å². The minimum atomic E-state index is -4.22. The number of nitrogens with one attached hydrogen (secondary N) is 1. The predicted octanol–water partition coefficient (Wildman–Crippen LogP) is 3.07. The summed E-state index contributed by atoms with van der Waals surface area (Å²) in [5.74, 6) is 3.24. The van der Waals surface area contributed by atoms with E-state index in [0.717, 1.165) is 6.07 Å². The highest BCUT2D eigenvalue weighted by atomic mass is 19.4. The van der Waals surface area contributed by atoms with Crippen LogP contribution >= 0.6 is 0 Å². The molecule has 0 aliphatic heterocycles. The molecule has 1 unspecified atom stereocenters. The molecule has 1 rings (SSSR count). The van der Waals surface area contributed by atoms with Crippen LogP contribution in [0.2, 0.25) is 0 Å². The average molecular weight is 282 g/mol. The first kappa shape index (κ1) is 15.8. The molecular formula is C12H15F5N2. The molecule has 108 valence electrons. The van der Waals surface area contributed by atoms with E-state index in [2.05, 4.69) is 5.43 Å². The highest BCUT2D eigenvalue weighted by molar-refractivity contribution is 5.19. The number of alkyl halides is 3. The normalized spacial score (nSPS) is 13.6. The molecule has 1 atom stereocenters. The fourth-order valence-electron chi connectivity index (χ4n) is 1.76. The van der Waals surface area contributed by atoms with Gasteiger partial charge in [-0.3, -0.25) is 11.3 Å². The molecule has 3 N–H and O–H groups in total. The van der Waals surface area contributed by atoms with Crippen molar-refractivity contribution in [1.82, 2.24) is 5.43 Å². The molecule has 0 saturated carbocycles. The Balaban J connectivity index is 2.55. The van der Waals surface area contributed by atoms with E-state index in [-0.39, 0.29) is 24.8 Å². The first-order valence-electron chi connectivity index (χ1n) is 5.79. The van der Waals surface area contributed by atoms with Crippen LogP contribution in [0.15, 0.2) is 18.2 Å². The van der Waals surface area contributed by atoms with Crippen LogP contribution in [0, 0.1) is 11.6 Å². The third-order valence-corrected chi connectivity index (χ3v) is 2.75. The second-order valence-corrected chi connectivity index (χ2v) is 4.29. The quantitative estimate of drug-likeness (QED) is 0.478. The highest BCUT2D eigenvalue weighted by Crippen LogP contribution is 2.23. The van der Waals surface area contributed by atoms with E-state index in [4.69, 9.17) is 5.84 Å². The van der Waals surface area contributed by atoms with Gasteiger partial charge < -0.3 is 0 Å². The van der Waals surface area contributed by atoms with E-state index in [1.165, 1.54) is 12.1 Å². The average Bonchev–Trinajstić information content (AvgIpc) is 2.32. The Labute approximate surface area is 107 Å². The molecule has 1 aromatic rings. The minimum absolute atomic E-state index is 0.0396. The first-order chi connectivity index (χ1) is 8.83. The van der Waals surface area contributed by atoms with Gasteiger partial charge in [-0.1, -0.05) is 12.1 Å². The fourth-order valence-corrected chi connectivity index (χ4v) is 1.76. The Morgan fingerprint density at radius 1 is 1.21 bits per heavy atom. The monoisotopic (exact) mass is 282 g/mol. The summed E-state index contributed by atoms with van der Waals surface area (Å²) in [5, 5.41) is 0. The van der Waals surface area contributed by atoms with Crippen molar-refractivity contribution in [2.45, 2.75) is 37.9 Å². The Morgan fingerprint density at radius 2 is 1.89 bits per heavy atom. The van der Waals surface area contributed by atoms with Crippen molar-refractivity contribution in [3.63, 3.8) is 0 Å². The molecule has 1 aromatic carbocycles. The molecular weight excluding hydrogens is 267 g/mol. The molecule has 0 aliphatic rings. The van der Waals surface area contributed by atoms with Gasteiger partial charge in [0.25, 0.3) is 0 Å². The predicted molar refractivity (Wildman–Crippen MR) is 61.1 cm³/mol. The number of hydrogen-bond acceptors (Lipinski definition) is 2. The van der Waals surface area contributed by atoms with Gasteiger partial charge in [0.2, 0.25) is 0 Å². The molecule has 0 fully saturated rings. The summed E-state index contributed by atoms with van der Waals surface area (Å²) in [6, 6.07) is 3.18. The third kappa shape index (κ3) is 5.52.